The summed E-state index contributed by atoms with van der Waals surface area (Å²) < 4.78 is 20.3. The Hall–Kier alpha value is 0.0700. The van der Waals surface area contributed by atoms with Crippen LogP contribution in [-0.4, -0.2) is 26.2 Å². The Kier molecular flexibility index (Phi) is 4.01. The van der Waals surface area contributed by atoms with Gasteiger partial charge < -0.3 is 0 Å². The highest BCUT2D eigenvalue weighted by Gasteiger charge is 2.10. The molecule has 2 unspecified atom stereocenters. The van der Waals surface area contributed by atoms with Crippen LogP contribution in [0.2, 0.25) is 0 Å². The molecule has 1 N–H and O–H groups in total. The Labute approximate surface area is 58.5 Å². The van der Waals surface area contributed by atoms with Gasteiger partial charge >= 0.3 is 0 Å². The fourth-order valence-electron chi connectivity index (χ4n) is 0.411. The summed E-state index contributed by atoms with van der Waals surface area (Å²) >= 11 is -1.81. The number of hydrogen-bond donors (Lipinski definition) is 1. The van der Waals surface area contributed by atoms with Crippen LogP contribution in [0.3, 0.4) is 0 Å². The second-order valence-electron chi connectivity index (χ2n) is 2.03. The summed E-state index contributed by atoms with van der Waals surface area (Å²) in [5, 5.41) is 0. The van der Waals surface area contributed by atoms with Gasteiger partial charge in [-0.15, -0.1) is 0 Å². The van der Waals surface area contributed by atoms with Crippen molar-refractivity contribution < 1.29 is 8.76 Å². The van der Waals surface area contributed by atoms with Crippen LogP contribution >= 0.6 is 0 Å². The molecule has 0 saturated carbocycles. The summed E-state index contributed by atoms with van der Waals surface area (Å²) in [6.45, 7) is 3.89. The minimum atomic E-state index is -1.81. The van der Waals surface area contributed by atoms with E-state index in [1.54, 1.807) is 7.05 Å². The maximum absolute atomic E-state index is 10.3. The second kappa shape index (κ2) is 3.98. The molecule has 0 aromatic heterocycles. The van der Waals surface area contributed by atoms with Gasteiger partial charge in [0, 0.05) is 13.1 Å². The summed E-state index contributed by atoms with van der Waals surface area (Å²) in [5.41, 5.74) is 0. The summed E-state index contributed by atoms with van der Waals surface area (Å²) in [6, 6.07) is 0.177. The van der Waals surface area contributed by atoms with E-state index in [2.05, 4.69) is 0 Å². The predicted octanol–water partition coefficient (Wildman–Crippen LogP) is 0.853. The first kappa shape index (κ1) is 9.07. The van der Waals surface area contributed by atoms with E-state index >= 15 is 0 Å². The maximum Gasteiger partial charge on any atom is 0.234 e. The minimum absolute atomic E-state index is 0.177. The van der Waals surface area contributed by atoms with Crippen molar-refractivity contribution in [3.63, 3.8) is 0 Å². The van der Waals surface area contributed by atoms with Crippen LogP contribution in [0.25, 0.3) is 0 Å². The normalized spacial score (nSPS) is 17.9. The molecule has 0 aliphatic rings. The van der Waals surface area contributed by atoms with Crippen molar-refractivity contribution in [2.75, 3.05) is 7.05 Å². The monoisotopic (exact) mass is 151 g/mol. The fourth-order valence-corrected chi connectivity index (χ4v) is 0.868. The first-order chi connectivity index (χ1) is 4.09. The molecule has 0 saturated heterocycles. The van der Waals surface area contributed by atoms with Gasteiger partial charge in [0.2, 0.25) is 11.3 Å². The molecule has 0 rings (SSSR count). The fraction of sp³-hybridized carbons (Fsp3) is 1.00. The third kappa shape index (κ3) is 2.93. The molecule has 2 atom stereocenters. The van der Waals surface area contributed by atoms with E-state index in [9.17, 15) is 4.21 Å². The lowest BCUT2D eigenvalue weighted by Crippen LogP contribution is -2.29. The van der Waals surface area contributed by atoms with Crippen LogP contribution in [0.15, 0.2) is 0 Å². The summed E-state index contributed by atoms with van der Waals surface area (Å²) in [5.74, 6) is 0. The van der Waals surface area contributed by atoms with Crippen molar-refractivity contribution in [2.45, 2.75) is 26.3 Å². The largest absolute Gasteiger partial charge is 0.294 e. The Morgan fingerprint density at radius 1 is 1.78 bits per heavy atom. The van der Waals surface area contributed by atoms with Crippen molar-refractivity contribution in [3.05, 3.63) is 0 Å². The first-order valence-corrected chi connectivity index (χ1v) is 3.99. The second-order valence-corrected chi connectivity index (χ2v) is 3.07. The standard InChI is InChI=1S/C5H13NO2S/c1-4-5(2)6(3)9(7)8/h5H,4H2,1-3H3,(H,7,8). The van der Waals surface area contributed by atoms with Crippen molar-refractivity contribution in [2.24, 2.45) is 0 Å². The molecule has 0 aromatic rings. The summed E-state index contributed by atoms with van der Waals surface area (Å²) in [7, 11) is 1.63. The Morgan fingerprint density at radius 2 is 2.22 bits per heavy atom. The zero-order valence-corrected chi connectivity index (χ0v) is 6.81. The topological polar surface area (TPSA) is 40.5 Å². The van der Waals surface area contributed by atoms with E-state index in [4.69, 9.17) is 4.55 Å². The molecule has 0 aliphatic carbocycles. The number of nitrogens with zero attached hydrogens (tertiary/aromatic N) is 1. The van der Waals surface area contributed by atoms with Gasteiger partial charge in [-0.25, -0.2) is 8.51 Å². The molecule has 0 heterocycles. The quantitative estimate of drug-likeness (QED) is 0.607. The van der Waals surface area contributed by atoms with E-state index < -0.39 is 11.3 Å². The molecule has 0 spiro atoms. The lowest BCUT2D eigenvalue weighted by molar-refractivity contribution is 0.369. The van der Waals surface area contributed by atoms with E-state index in [0.29, 0.717) is 0 Å². The van der Waals surface area contributed by atoms with Crippen LogP contribution in [0.5, 0.6) is 0 Å². The van der Waals surface area contributed by atoms with Gasteiger partial charge in [-0.05, 0) is 13.3 Å². The van der Waals surface area contributed by atoms with Crippen LogP contribution in [0, 0.1) is 0 Å². The molecule has 0 fully saturated rings. The number of rotatable bonds is 3. The first-order valence-electron chi connectivity index (χ1n) is 2.93. The molecular formula is C5H13NO2S. The third-order valence-corrected chi connectivity index (χ3v) is 2.31. The van der Waals surface area contributed by atoms with Crippen molar-refractivity contribution in [1.29, 1.82) is 0 Å². The van der Waals surface area contributed by atoms with Crippen LogP contribution in [-0.2, 0) is 11.3 Å². The molecule has 4 heteroatoms. The molecule has 3 nitrogen and oxygen atoms in total. The smallest absolute Gasteiger partial charge is 0.234 e. The molecule has 0 radical (unpaired) electrons. The lowest BCUT2D eigenvalue weighted by Gasteiger charge is -2.17. The van der Waals surface area contributed by atoms with Gasteiger partial charge in [0.05, 0.1) is 0 Å². The third-order valence-electron chi connectivity index (χ3n) is 1.46. The van der Waals surface area contributed by atoms with E-state index in [1.165, 1.54) is 4.31 Å². The molecule has 0 amide bonds. The maximum atomic E-state index is 10.3. The van der Waals surface area contributed by atoms with Crippen molar-refractivity contribution >= 4 is 11.3 Å². The minimum Gasteiger partial charge on any atom is -0.294 e. The highest BCUT2D eigenvalue weighted by molar-refractivity contribution is 7.76. The molecule has 0 aromatic carbocycles. The van der Waals surface area contributed by atoms with Crippen LogP contribution in [0.4, 0.5) is 0 Å². The SMILES string of the molecule is CCC(C)N(C)S(=O)O. The number of hydrogen-bond acceptors (Lipinski definition) is 1. The van der Waals surface area contributed by atoms with E-state index in [-0.39, 0.29) is 6.04 Å². The Bertz CT molecular complexity index is 107. The van der Waals surface area contributed by atoms with Crippen molar-refractivity contribution in [1.82, 2.24) is 4.31 Å². The molecule has 56 valence electrons. The molecule has 9 heavy (non-hydrogen) atoms. The van der Waals surface area contributed by atoms with Gasteiger partial charge in [0.1, 0.15) is 0 Å². The highest BCUT2D eigenvalue weighted by Crippen LogP contribution is 2.00. The van der Waals surface area contributed by atoms with E-state index in [0.717, 1.165) is 6.42 Å². The molecule has 0 bridgehead atoms. The highest BCUT2D eigenvalue weighted by atomic mass is 32.2. The predicted molar refractivity (Wildman–Crippen MR) is 38.3 cm³/mol. The Morgan fingerprint density at radius 3 is 2.33 bits per heavy atom. The summed E-state index contributed by atoms with van der Waals surface area (Å²) in [6.07, 6.45) is 0.892. The van der Waals surface area contributed by atoms with Crippen LogP contribution in [0.1, 0.15) is 20.3 Å². The van der Waals surface area contributed by atoms with Gasteiger partial charge in [-0.1, -0.05) is 6.92 Å². The molecular weight excluding hydrogens is 138 g/mol. The average molecular weight is 151 g/mol. The lowest BCUT2D eigenvalue weighted by atomic mass is 10.3. The zero-order chi connectivity index (χ0) is 7.44. The van der Waals surface area contributed by atoms with Crippen LogP contribution < -0.4 is 0 Å². The molecule has 0 aliphatic heterocycles. The van der Waals surface area contributed by atoms with Gasteiger partial charge in [-0.3, -0.25) is 4.55 Å². The zero-order valence-electron chi connectivity index (χ0n) is 6.00. The average Bonchev–Trinajstić information content (AvgIpc) is 1.84. The Balaban J connectivity index is 3.72. The van der Waals surface area contributed by atoms with Gasteiger partial charge in [0.25, 0.3) is 0 Å². The van der Waals surface area contributed by atoms with Gasteiger partial charge in [0.15, 0.2) is 0 Å². The van der Waals surface area contributed by atoms with Gasteiger partial charge in [-0.2, -0.15) is 0 Å². The van der Waals surface area contributed by atoms with E-state index in [1.807, 2.05) is 13.8 Å². The van der Waals surface area contributed by atoms with Crippen molar-refractivity contribution in [3.8, 4) is 0 Å². The summed E-state index contributed by atoms with van der Waals surface area (Å²) in [4.78, 5) is 0.